The van der Waals surface area contributed by atoms with Gasteiger partial charge in [-0.3, -0.25) is 0 Å². The molecule has 1 heterocycles. The molecule has 0 saturated carbocycles. The zero-order chi connectivity index (χ0) is 15.0. The maximum atomic E-state index is 5.84. The molecule has 2 N–H and O–H groups in total. The van der Waals surface area contributed by atoms with Crippen LogP contribution >= 0.6 is 15.9 Å². The van der Waals surface area contributed by atoms with Crippen molar-refractivity contribution in [3.63, 3.8) is 0 Å². The van der Waals surface area contributed by atoms with Crippen LogP contribution < -0.4 is 5.73 Å². The molecule has 5 nitrogen and oxygen atoms in total. The second kappa shape index (κ2) is 5.29. The molecule has 0 unspecified atom stereocenters. The van der Waals surface area contributed by atoms with Gasteiger partial charge in [-0.25, -0.2) is 0 Å². The summed E-state index contributed by atoms with van der Waals surface area (Å²) in [6.45, 7) is 4.09. The van der Waals surface area contributed by atoms with Crippen LogP contribution in [0.15, 0.2) is 40.9 Å². The van der Waals surface area contributed by atoms with E-state index >= 15 is 0 Å². The number of anilines is 1. The summed E-state index contributed by atoms with van der Waals surface area (Å²) in [7, 11) is 0. The summed E-state index contributed by atoms with van der Waals surface area (Å²) < 4.78 is 2.83. The number of nitrogens with two attached hydrogens (primary N) is 1. The van der Waals surface area contributed by atoms with E-state index in [-0.39, 0.29) is 0 Å². The average Bonchev–Trinajstić information content (AvgIpc) is 2.93. The largest absolute Gasteiger partial charge is 0.399 e. The number of aryl methyl sites for hydroxylation is 2. The summed E-state index contributed by atoms with van der Waals surface area (Å²) >= 11 is 3.57. The Balaban J connectivity index is 2.16. The molecule has 0 saturated heterocycles. The van der Waals surface area contributed by atoms with Gasteiger partial charge in [0.1, 0.15) is 0 Å². The van der Waals surface area contributed by atoms with Gasteiger partial charge in [-0.2, -0.15) is 4.68 Å². The van der Waals surface area contributed by atoms with Gasteiger partial charge in [0.25, 0.3) is 0 Å². The Hall–Kier alpha value is -2.21. The minimum absolute atomic E-state index is 0.670. The Morgan fingerprint density at radius 1 is 1.10 bits per heavy atom. The van der Waals surface area contributed by atoms with Crippen molar-refractivity contribution >= 4 is 21.6 Å². The zero-order valence-corrected chi connectivity index (χ0v) is 13.3. The maximum Gasteiger partial charge on any atom is 0.187 e. The van der Waals surface area contributed by atoms with E-state index in [1.54, 1.807) is 4.68 Å². The highest BCUT2D eigenvalue weighted by molar-refractivity contribution is 9.10. The highest BCUT2D eigenvalue weighted by atomic mass is 79.9. The Labute approximate surface area is 130 Å². The lowest BCUT2D eigenvalue weighted by atomic mass is 10.1. The van der Waals surface area contributed by atoms with Crippen molar-refractivity contribution < 1.29 is 0 Å². The van der Waals surface area contributed by atoms with Crippen molar-refractivity contribution in [2.45, 2.75) is 13.8 Å². The molecule has 2 aromatic carbocycles. The standard InChI is InChI=1S/C15H14BrN5/c1-9-6-13(7-10(2)14(9)16)21-15(18-19-20-21)11-4-3-5-12(17)8-11/h3-8H,17H2,1-2H3. The molecule has 0 spiro atoms. The molecule has 0 aliphatic heterocycles. The lowest BCUT2D eigenvalue weighted by Crippen LogP contribution is -2.01. The molecule has 0 atom stereocenters. The Bertz CT molecular complexity index is 786. The first-order chi connectivity index (χ1) is 10.1. The van der Waals surface area contributed by atoms with Crippen LogP contribution in [-0.4, -0.2) is 20.2 Å². The van der Waals surface area contributed by atoms with Crippen molar-refractivity contribution in [2.24, 2.45) is 0 Å². The SMILES string of the molecule is Cc1cc(-n2nnnc2-c2cccc(N)c2)cc(C)c1Br. The summed E-state index contributed by atoms with van der Waals surface area (Å²) in [6.07, 6.45) is 0. The molecule has 106 valence electrons. The van der Waals surface area contributed by atoms with E-state index in [9.17, 15) is 0 Å². The van der Waals surface area contributed by atoms with Crippen molar-refractivity contribution in [3.8, 4) is 17.1 Å². The lowest BCUT2D eigenvalue weighted by molar-refractivity contribution is 0.790. The van der Waals surface area contributed by atoms with Gasteiger partial charge in [0.2, 0.25) is 0 Å². The van der Waals surface area contributed by atoms with Crippen molar-refractivity contribution in [2.75, 3.05) is 5.73 Å². The molecule has 6 heteroatoms. The number of hydrogen-bond acceptors (Lipinski definition) is 4. The van der Waals surface area contributed by atoms with Crippen molar-refractivity contribution in [3.05, 3.63) is 52.0 Å². The van der Waals surface area contributed by atoms with E-state index in [0.717, 1.165) is 26.9 Å². The Kier molecular flexibility index (Phi) is 3.47. The van der Waals surface area contributed by atoms with Crippen LogP contribution in [0, 0.1) is 13.8 Å². The van der Waals surface area contributed by atoms with Gasteiger partial charge in [-0.05, 0) is 59.7 Å². The average molecular weight is 344 g/mol. The van der Waals surface area contributed by atoms with Gasteiger partial charge in [-0.15, -0.1) is 5.10 Å². The first-order valence-electron chi connectivity index (χ1n) is 6.47. The normalized spacial score (nSPS) is 10.8. The molecule has 21 heavy (non-hydrogen) atoms. The number of rotatable bonds is 2. The summed E-state index contributed by atoms with van der Waals surface area (Å²) in [5.41, 5.74) is 10.6. The van der Waals surface area contributed by atoms with Gasteiger partial charge in [-0.1, -0.05) is 28.1 Å². The van der Waals surface area contributed by atoms with E-state index in [4.69, 9.17) is 5.73 Å². The first-order valence-corrected chi connectivity index (χ1v) is 7.27. The number of halogens is 1. The van der Waals surface area contributed by atoms with Crippen LogP contribution in [-0.2, 0) is 0 Å². The number of nitrogen functional groups attached to an aromatic ring is 1. The molecule has 3 rings (SSSR count). The summed E-state index contributed by atoms with van der Waals surface area (Å²) in [4.78, 5) is 0. The number of aromatic nitrogens is 4. The Morgan fingerprint density at radius 2 is 1.81 bits per heavy atom. The number of nitrogens with zero attached hydrogens (tertiary/aromatic N) is 4. The fourth-order valence-electron chi connectivity index (χ4n) is 2.26. The number of hydrogen-bond donors (Lipinski definition) is 1. The van der Waals surface area contributed by atoms with Crippen LogP contribution in [0.4, 0.5) is 5.69 Å². The number of benzene rings is 2. The molecule has 0 bridgehead atoms. The molecule has 0 aliphatic rings. The van der Waals surface area contributed by atoms with E-state index in [1.807, 2.05) is 50.2 Å². The van der Waals surface area contributed by atoms with Crippen LogP contribution in [0.1, 0.15) is 11.1 Å². The van der Waals surface area contributed by atoms with E-state index in [1.165, 1.54) is 0 Å². The van der Waals surface area contributed by atoms with Gasteiger partial charge >= 0.3 is 0 Å². The fourth-order valence-corrected chi connectivity index (χ4v) is 2.49. The molecule has 0 fully saturated rings. The summed E-state index contributed by atoms with van der Waals surface area (Å²) in [5, 5.41) is 12.0. The second-order valence-corrected chi connectivity index (χ2v) is 5.73. The molecule has 1 aromatic heterocycles. The van der Waals surface area contributed by atoms with E-state index < -0.39 is 0 Å². The third-order valence-electron chi connectivity index (χ3n) is 3.28. The first kappa shape index (κ1) is 13.8. The molecule has 3 aromatic rings. The second-order valence-electron chi connectivity index (χ2n) is 4.93. The maximum absolute atomic E-state index is 5.84. The smallest absolute Gasteiger partial charge is 0.187 e. The predicted molar refractivity (Wildman–Crippen MR) is 86.2 cm³/mol. The highest BCUT2D eigenvalue weighted by Gasteiger charge is 2.12. The monoisotopic (exact) mass is 343 g/mol. The number of tetrazole rings is 1. The zero-order valence-electron chi connectivity index (χ0n) is 11.7. The molecule has 0 radical (unpaired) electrons. The van der Waals surface area contributed by atoms with Gasteiger partial charge in [0.15, 0.2) is 5.82 Å². The lowest BCUT2D eigenvalue weighted by Gasteiger charge is -2.09. The van der Waals surface area contributed by atoms with Crippen molar-refractivity contribution in [1.29, 1.82) is 0 Å². The van der Waals surface area contributed by atoms with Crippen LogP contribution in [0.3, 0.4) is 0 Å². The third-order valence-corrected chi connectivity index (χ3v) is 4.53. The van der Waals surface area contributed by atoms with Crippen LogP contribution in [0.2, 0.25) is 0 Å². The third kappa shape index (κ3) is 2.54. The van der Waals surface area contributed by atoms with E-state index in [0.29, 0.717) is 11.5 Å². The van der Waals surface area contributed by atoms with Crippen LogP contribution in [0.5, 0.6) is 0 Å². The summed E-state index contributed by atoms with van der Waals surface area (Å²) in [5.74, 6) is 0.670. The minimum Gasteiger partial charge on any atom is -0.399 e. The summed E-state index contributed by atoms with van der Waals surface area (Å²) in [6, 6.07) is 11.6. The topological polar surface area (TPSA) is 69.6 Å². The van der Waals surface area contributed by atoms with Crippen molar-refractivity contribution in [1.82, 2.24) is 20.2 Å². The fraction of sp³-hybridized carbons (Fsp3) is 0.133. The predicted octanol–water partition coefficient (Wildman–Crippen LogP) is 3.29. The molecule has 0 amide bonds. The molecular formula is C15H14BrN5. The molecule has 0 aliphatic carbocycles. The molecular weight excluding hydrogens is 330 g/mol. The Morgan fingerprint density at radius 3 is 2.48 bits per heavy atom. The minimum atomic E-state index is 0.670. The highest BCUT2D eigenvalue weighted by Crippen LogP contribution is 2.26. The van der Waals surface area contributed by atoms with Crippen LogP contribution in [0.25, 0.3) is 17.1 Å². The quantitative estimate of drug-likeness (QED) is 0.725. The van der Waals surface area contributed by atoms with E-state index in [2.05, 4.69) is 31.5 Å². The van der Waals surface area contributed by atoms with Gasteiger partial charge in [0.05, 0.1) is 5.69 Å². The van der Waals surface area contributed by atoms with Gasteiger partial charge in [0, 0.05) is 15.7 Å². The van der Waals surface area contributed by atoms with Gasteiger partial charge < -0.3 is 5.73 Å².